The number of hydrogen-bond acceptors (Lipinski definition) is 3. The molecule has 1 aliphatic heterocycles. The zero-order valence-electron chi connectivity index (χ0n) is 14.4. The lowest BCUT2D eigenvalue weighted by Gasteiger charge is -2.27. The molecule has 2 aromatic carbocycles. The zero-order chi connectivity index (χ0) is 17.6. The molecule has 0 radical (unpaired) electrons. The molecule has 0 amide bonds. The maximum absolute atomic E-state index is 12.6. The first-order valence-electron chi connectivity index (χ1n) is 8.22. The fraction of sp³-hybridized carbons (Fsp3) is 0.190. The second-order valence-electron chi connectivity index (χ2n) is 6.20. The maximum Gasteiger partial charge on any atom is 0.335 e. The molecule has 0 unspecified atom stereocenters. The van der Waals surface area contributed by atoms with Gasteiger partial charge in [0.05, 0.1) is 23.0 Å². The minimum atomic E-state index is -0.252. The molecule has 3 aromatic rings. The monoisotopic (exact) mass is 349 g/mol. The second-order valence-corrected chi connectivity index (χ2v) is 7.29. The van der Waals surface area contributed by atoms with E-state index < -0.39 is 0 Å². The number of allylic oxidation sites excluding steroid dienone is 1. The Bertz CT molecular complexity index is 1000. The van der Waals surface area contributed by atoms with Crippen molar-refractivity contribution in [3.05, 3.63) is 71.3 Å². The van der Waals surface area contributed by atoms with Crippen molar-refractivity contribution in [2.45, 2.75) is 17.2 Å². The minimum Gasteiger partial charge on any atom is -0.466 e. The van der Waals surface area contributed by atoms with Crippen LogP contribution in [0.25, 0.3) is 16.5 Å². The highest BCUT2D eigenvalue weighted by atomic mass is 32.2. The number of nitrogens with zero attached hydrogens (tertiary/aromatic N) is 1. The molecule has 0 fully saturated rings. The highest BCUT2D eigenvalue weighted by molar-refractivity contribution is 7.99. The van der Waals surface area contributed by atoms with Crippen LogP contribution in [0, 0.1) is 0 Å². The Morgan fingerprint density at radius 1 is 1.08 bits per heavy atom. The van der Waals surface area contributed by atoms with Crippen molar-refractivity contribution in [1.29, 1.82) is 0 Å². The molecule has 25 heavy (non-hydrogen) atoms. The van der Waals surface area contributed by atoms with Gasteiger partial charge in [0.1, 0.15) is 0 Å². The molecule has 3 nitrogen and oxygen atoms in total. The second kappa shape index (κ2) is 6.12. The van der Waals surface area contributed by atoms with Crippen molar-refractivity contribution in [3.63, 3.8) is 0 Å². The lowest BCUT2D eigenvalue weighted by molar-refractivity contribution is -0.136. The molecule has 0 saturated carbocycles. The van der Waals surface area contributed by atoms with Crippen molar-refractivity contribution in [2.75, 3.05) is 7.11 Å². The van der Waals surface area contributed by atoms with Crippen LogP contribution in [0.2, 0.25) is 0 Å². The van der Waals surface area contributed by atoms with Crippen LogP contribution in [0.15, 0.2) is 65.2 Å². The van der Waals surface area contributed by atoms with Gasteiger partial charge < -0.3 is 9.30 Å². The summed E-state index contributed by atoms with van der Waals surface area (Å²) in [5.41, 5.74) is 5.19. The zero-order valence-corrected chi connectivity index (χ0v) is 15.3. The number of aromatic nitrogens is 1. The molecular weight excluding hydrogens is 330 g/mol. The third-order valence-corrected chi connectivity index (χ3v) is 6.28. The number of ether oxygens (including phenoxy) is 1. The standard InChI is InChI=1S/C21H19NO2S/c1-13-17-15-11-7-8-12-16(15)22(2)20(17)25-19(18(13)21(23)24-3)14-9-5-4-6-10-14/h4-12,19H,1-3H3/t19-/m0/s1. The topological polar surface area (TPSA) is 31.2 Å². The van der Waals surface area contributed by atoms with E-state index in [1.807, 2.05) is 37.3 Å². The van der Waals surface area contributed by atoms with Crippen molar-refractivity contribution in [2.24, 2.45) is 7.05 Å². The van der Waals surface area contributed by atoms with Gasteiger partial charge in [0.2, 0.25) is 0 Å². The maximum atomic E-state index is 12.6. The van der Waals surface area contributed by atoms with Crippen LogP contribution in [0.4, 0.5) is 0 Å². The van der Waals surface area contributed by atoms with E-state index in [1.165, 1.54) is 23.0 Å². The van der Waals surface area contributed by atoms with Gasteiger partial charge in [-0.3, -0.25) is 0 Å². The number of para-hydroxylation sites is 1. The number of esters is 1. The average Bonchev–Trinajstić information content (AvgIpc) is 2.95. The summed E-state index contributed by atoms with van der Waals surface area (Å²) in [6.45, 7) is 2.03. The number of carbonyl (C=O) groups is 1. The fourth-order valence-corrected chi connectivity index (χ4v) is 5.15. The van der Waals surface area contributed by atoms with Crippen LogP contribution in [0.3, 0.4) is 0 Å². The number of rotatable bonds is 2. The Labute approximate surface area is 151 Å². The van der Waals surface area contributed by atoms with E-state index in [1.54, 1.807) is 11.8 Å². The summed E-state index contributed by atoms with van der Waals surface area (Å²) in [4.78, 5) is 12.6. The highest BCUT2D eigenvalue weighted by Gasteiger charge is 2.35. The largest absolute Gasteiger partial charge is 0.466 e. The Morgan fingerprint density at radius 3 is 2.48 bits per heavy atom. The van der Waals surface area contributed by atoms with Crippen LogP contribution in [0.5, 0.6) is 0 Å². The highest BCUT2D eigenvalue weighted by Crippen LogP contribution is 2.52. The SMILES string of the molecule is COC(=O)C1=C(C)c2c(n(C)c3ccccc23)S[C@H]1c1ccccc1. The predicted molar refractivity (Wildman–Crippen MR) is 103 cm³/mol. The van der Waals surface area contributed by atoms with Gasteiger partial charge >= 0.3 is 5.97 Å². The average molecular weight is 349 g/mol. The van der Waals surface area contributed by atoms with Crippen LogP contribution in [0.1, 0.15) is 23.3 Å². The first-order chi connectivity index (χ1) is 12.1. The van der Waals surface area contributed by atoms with Crippen LogP contribution in [-0.4, -0.2) is 17.6 Å². The van der Waals surface area contributed by atoms with Crippen molar-refractivity contribution in [1.82, 2.24) is 4.57 Å². The van der Waals surface area contributed by atoms with Gasteiger partial charge in [-0.2, -0.15) is 0 Å². The van der Waals surface area contributed by atoms with Gasteiger partial charge in [0.15, 0.2) is 0 Å². The molecule has 0 N–H and O–H groups in total. The molecule has 126 valence electrons. The summed E-state index contributed by atoms with van der Waals surface area (Å²) in [6.07, 6.45) is 0. The summed E-state index contributed by atoms with van der Waals surface area (Å²) < 4.78 is 7.35. The summed E-state index contributed by atoms with van der Waals surface area (Å²) >= 11 is 1.72. The summed E-state index contributed by atoms with van der Waals surface area (Å²) in [6, 6.07) is 18.5. The van der Waals surface area contributed by atoms with Gasteiger partial charge in [0.25, 0.3) is 0 Å². The summed E-state index contributed by atoms with van der Waals surface area (Å²) in [5, 5.41) is 2.31. The van der Waals surface area contributed by atoms with Crippen molar-refractivity contribution in [3.8, 4) is 0 Å². The van der Waals surface area contributed by atoms with E-state index in [0.717, 1.165) is 22.3 Å². The molecule has 4 rings (SSSR count). The molecule has 0 bridgehead atoms. The van der Waals surface area contributed by atoms with Crippen molar-refractivity contribution >= 4 is 34.2 Å². The van der Waals surface area contributed by atoms with E-state index in [9.17, 15) is 4.79 Å². The smallest absolute Gasteiger partial charge is 0.335 e. The Balaban J connectivity index is 2.02. The first kappa shape index (κ1) is 16.0. The van der Waals surface area contributed by atoms with Gasteiger partial charge in [-0.15, -0.1) is 0 Å². The van der Waals surface area contributed by atoms with Crippen LogP contribution >= 0.6 is 11.8 Å². The van der Waals surface area contributed by atoms with Gasteiger partial charge in [-0.25, -0.2) is 4.79 Å². The van der Waals surface area contributed by atoms with Crippen LogP contribution < -0.4 is 0 Å². The molecule has 0 aliphatic carbocycles. The number of methoxy groups -OCH3 is 1. The van der Waals surface area contributed by atoms with Gasteiger partial charge in [-0.1, -0.05) is 60.3 Å². The van der Waals surface area contributed by atoms with E-state index >= 15 is 0 Å². The lowest BCUT2D eigenvalue weighted by atomic mass is 9.94. The Morgan fingerprint density at radius 2 is 1.76 bits per heavy atom. The fourth-order valence-electron chi connectivity index (χ4n) is 3.60. The third-order valence-electron chi connectivity index (χ3n) is 4.83. The Kier molecular flexibility index (Phi) is 3.92. The number of fused-ring (bicyclic) bond motifs is 3. The van der Waals surface area contributed by atoms with E-state index in [4.69, 9.17) is 4.74 Å². The van der Waals surface area contributed by atoms with Gasteiger partial charge in [-0.05, 0) is 24.1 Å². The first-order valence-corrected chi connectivity index (χ1v) is 9.10. The predicted octanol–water partition coefficient (Wildman–Crippen LogP) is 4.97. The normalized spacial score (nSPS) is 16.8. The molecular formula is C21H19NO2S. The molecule has 0 spiro atoms. The van der Waals surface area contributed by atoms with Gasteiger partial charge in [0, 0.05) is 23.5 Å². The number of thioether (sulfide) groups is 1. The van der Waals surface area contributed by atoms with E-state index in [2.05, 4.69) is 35.9 Å². The number of hydrogen-bond donors (Lipinski definition) is 0. The summed E-state index contributed by atoms with van der Waals surface area (Å²) in [7, 11) is 3.54. The number of benzene rings is 2. The van der Waals surface area contributed by atoms with Crippen molar-refractivity contribution < 1.29 is 9.53 Å². The quantitative estimate of drug-likeness (QED) is 0.612. The molecule has 4 heteroatoms. The minimum absolute atomic E-state index is 0.0656. The van der Waals surface area contributed by atoms with E-state index in [0.29, 0.717) is 0 Å². The van der Waals surface area contributed by atoms with Crippen LogP contribution in [-0.2, 0) is 16.6 Å². The molecule has 0 saturated heterocycles. The van der Waals surface area contributed by atoms with E-state index in [-0.39, 0.29) is 11.2 Å². The molecule has 1 aromatic heterocycles. The summed E-state index contributed by atoms with van der Waals surface area (Å²) in [5.74, 6) is -0.252. The Hall–Kier alpha value is -2.46. The lowest BCUT2D eigenvalue weighted by Crippen LogP contribution is -2.16. The molecule has 1 aliphatic rings. The molecule has 1 atom stereocenters. The third kappa shape index (κ3) is 2.40. The number of aryl methyl sites for hydroxylation is 1. The number of carbonyl (C=O) groups excluding carboxylic acids is 1. The molecule has 2 heterocycles.